The molecular formula is C13H9FN2O5. The van der Waals surface area contributed by atoms with E-state index in [1.54, 1.807) is 6.92 Å². The van der Waals surface area contributed by atoms with Gasteiger partial charge in [-0.05, 0) is 30.7 Å². The summed E-state index contributed by atoms with van der Waals surface area (Å²) >= 11 is 0. The highest BCUT2D eigenvalue weighted by atomic mass is 19.1. The van der Waals surface area contributed by atoms with Crippen LogP contribution in [0.3, 0.4) is 0 Å². The number of carboxylic acids is 1. The van der Waals surface area contributed by atoms with Gasteiger partial charge in [-0.1, -0.05) is 0 Å². The summed E-state index contributed by atoms with van der Waals surface area (Å²) in [5.41, 5.74) is -0.692. The minimum Gasteiger partial charge on any atom is -0.477 e. The standard InChI is InChI=1S/C13H9FN2O5/c1-7-4-8(14)2-3-11(7)21-12-5-9(13(17)18)10(6-15-12)16(19)20/h2-6H,1H3,(H,17,18). The lowest BCUT2D eigenvalue weighted by Crippen LogP contribution is -2.04. The maximum absolute atomic E-state index is 13.0. The Morgan fingerprint density at radius 3 is 2.71 bits per heavy atom. The van der Waals surface area contributed by atoms with Gasteiger partial charge in [0.05, 0.1) is 4.92 Å². The van der Waals surface area contributed by atoms with E-state index in [0.717, 1.165) is 12.3 Å². The van der Waals surface area contributed by atoms with Gasteiger partial charge in [0.25, 0.3) is 0 Å². The predicted molar refractivity (Wildman–Crippen MR) is 69.1 cm³/mol. The minimum absolute atomic E-state index is 0.132. The van der Waals surface area contributed by atoms with Crippen molar-refractivity contribution < 1.29 is 24.0 Å². The number of aryl methyl sites for hydroxylation is 1. The number of benzene rings is 1. The molecule has 0 aliphatic heterocycles. The van der Waals surface area contributed by atoms with Crippen LogP contribution in [0.15, 0.2) is 30.5 Å². The highest BCUT2D eigenvalue weighted by Crippen LogP contribution is 2.27. The summed E-state index contributed by atoms with van der Waals surface area (Å²) < 4.78 is 18.3. The van der Waals surface area contributed by atoms with Crippen LogP contribution < -0.4 is 4.74 Å². The number of hydrogen-bond acceptors (Lipinski definition) is 5. The van der Waals surface area contributed by atoms with E-state index in [9.17, 15) is 19.3 Å². The molecule has 0 aliphatic carbocycles. The molecule has 0 spiro atoms. The molecule has 0 atom stereocenters. The molecule has 0 aliphatic rings. The first-order valence-corrected chi connectivity index (χ1v) is 5.70. The third kappa shape index (κ3) is 3.11. The van der Waals surface area contributed by atoms with Gasteiger partial charge in [-0.2, -0.15) is 0 Å². The lowest BCUT2D eigenvalue weighted by Gasteiger charge is -2.08. The Bertz CT molecular complexity index is 732. The molecule has 108 valence electrons. The second-order valence-corrected chi connectivity index (χ2v) is 4.11. The molecule has 1 N–H and O–H groups in total. The van der Waals surface area contributed by atoms with E-state index in [4.69, 9.17) is 9.84 Å². The number of pyridine rings is 1. The molecule has 1 aromatic carbocycles. The van der Waals surface area contributed by atoms with Gasteiger partial charge in [0.15, 0.2) is 0 Å². The Labute approximate surface area is 117 Å². The van der Waals surface area contributed by atoms with Crippen molar-refractivity contribution in [3.63, 3.8) is 0 Å². The summed E-state index contributed by atoms with van der Waals surface area (Å²) in [5, 5.41) is 19.7. The smallest absolute Gasteiger partial charge is 0.342 e. The van der Waals surface area contributed by atoms with Gasteiger partial charge >= 0.3 is 11.7 Å². The Morgan fingerprint density at radius 2 is 2.14 bits per heavy atom. The Morgan fingerprint density at radius 1 is 1.43 bits per heavy atom. The molecule has 2 rings (SSSR count). The Balaban J connectivity index is 2.39. The number of aromatic carboxylic acids is 1. The van der Waals surface area contributed by atoms with E-state index in [0.29, 0.717) is 5.56 Å². The summed E-state index contributed by atoms with van der Waals surface area (Å²) in [6.45, 7) is 1.60. The van der Waals surface area contributed by atoms with Crippen molar-refractivity contribution in [2.45, 2.75) is 6.92 Å². The number of halogens is 1. The van der Waals surface area contributed by atoms with Gasteiger partial charge in [0, 0.05) is 6.07 Å². The summed E-state index contributed by atoms with van der Waals surface area (Å²) in [6, 6.07) is 4.71. The van der Waals surface area contributed by atoms with Gasteiger partial charge in [-0.15, -0.1) is 0 Å². The van der Waals surface area contributed by atoms with Crippen molar-refractivity contribution >= 4 is 11.7 Å². The van der Waals surface area contributed by atoms with Crippen LogP contribution >= 0.6 is 0 Å². The van der Waals surface area contributed by atoms with E-state index < -0.39 is 28.0 Å². The van der Waals surface area contributed by atoms with Crippen LogP contribution in [0.2, 0.25) is 0 Å². The van der Waals surface area contributed by atoms with E-state index in [1.165, 1.54) is 18.2 Å². The van der Waals surface area contributed by atoms with Crippen LogP contribution in [0.5, 0.6) is 11.6 Å². The van der Waals surface area contributed by atoms with Crippen LogP contribution in [0, 0.1) is 22.9 Å². The van der Waals surface area contributed by atoms with Crippen molar-refractivity contribution in [2.24, 2.45) is 0 Å². The molecule has 0 bridgehead atoms. The molecule has 7 nitrogen and oxygen atoms in total. The zero-order chi connectivity index (χ0) is 15.6. The van der Waals surface area contributed by atoms with Crippen LogP contribution in [-0.2, 0) is 0 Å². The molecular weight excluding hydrogens is 283 g/mol. The highest BCUT2D eigenvalue weighted by molar-refractivity contribution is 5.92. The predicted octanol–water partition coefficient (Wildman–Crippen LogP) is 2.93. The van der Waals surface area contributed by atoms with E-state index in [1.807, 2.05) is 0 Å². The van der Waals surface area contributed by atoms with Gasteiger partial charge in [0.2, 0.25) is 5.88 Å². The summed E-state index contributed by atoms with van der Waals surface area (Å²) in [7, 11) is 0. The zero-order valence-electron chi connectivity index (χ0n) is 10.7. The molecule has 0 fully saturated rings. The first-order valence-electron chi connectivity index (χ1n) is 5.70. The number of hydrogen-bond donors (Lipinski definition) is 1. The average molecular weight is 292 g/mol. The van der Waals surface area contributed by atoms with Crippen molar-refractivity contribution in [3.8, 4) is 11.6 Å². The van der Waals surface area contributed by atoms with Gasteiger partial charge in [-0.25, -0.2) is 14.2 Å². The van der Waals surface area contributed by atoms with Crippen LogP contribution in [0.1, 0.15) is 15.9 Å². The lowest BCUT2D eigenvalue weighted by atomic mass is 10.2. The molecule has 0 amide bonds. The summed E-state index contributed by atoms with van der Waals surface area (Å²) in [4.78, 5) is 24.5. The topological polar surface area (TPSA) is 103 Å². The van der Waals surface area contributed by atoms with E-state index in [-0.39, 0.29) is 11.6 Å². The molecule has 2 aromatic rings. The molecule has 0 saturated carbocycles. The maximum Gasteiger partial charge on any atom is 0.342 e. The fourth-order valence-corrected chi connectivity index (χ4v) is 1.64. The number of aromatic nitrogens is 1. The molecule has 1 heterocycles. The second-order valence-electron chi connectivity index (χ2n) is 4.11. The Hall–Kier alpha value is -3.03. The van der Waals surface area contributed by atoms with Crippen LogP contribution in [0.4, 0.5) is 10.1 Å². The first-order chi connectivity index (χ1) is 9.88. The van der Waals surface area contributed by atoms with Gasteiger partial charge in [0.1, 0.15) is 23.3 Å². The van der Waals surface area contributed by atoms with Gasteiger partial charge < -0.3 is 9.84 Å². The molecule has 0 unspecified atom stereocenters. The number of carboxylic acid groups (broad SMARTS) is 1. The van der Waals surface area contributed by atoms with E-state index >= 15 is 0 Å². The quantitative estimate of drug-likeness (QED) is 0.686. The molecule has 1 aromatic heterocycles. The van der Waals surface area contributed by atoms with Crippen molar-refractivity contribution in [1.82, 2.24) is 4.98 Å². The maximum atomic E-state index is 13.0. The fourth-order valence-electron chi connectivity index (χ4n) is 1.64. The number of ether oxygens (including phenoxy) is 1. The molecule has 21 heavy (non-hydrogen) atoms. The first kappa shape index (κ1) is 14.4. The van der Waals surface area contributed by atoms with Gasteiger partial charge in [-0.3, -0.25) is 10.1 Å². The Kier molecular flexibility index (Phi) is 3.79. The number of nitro groups is 1. The minimum atomic E-state index is -1.47. The van der Waals surface area contributed by atoms with Crippen molar-refractivity contribution in [3.05, 3.63) is 57.5 Å². The molecule has 8 heteroatoms. The van der Waals surface area contributed by atoms with Crippen molar-refractivity contribution in [2.75, 3.05) is 0 Å². The number of carbonyl (C=O) groups is 1. The monoisotopic (exact) mass is 292 g/mol. The van der Waals surface area contributed by atoms with E-state index in [2.05, 4.69) is 4.98 Å². The average Bonchev–Trinajstić information content (AvgIpc) is 2.41. The summed E-state index contributed by atoms with van der Waals surface area (Å²) in [5.74, 6) is -1.77. The summed E-state index contributed by atoms with van der Waals surface area (Å²) in [6.07, 6.45) is 0.803. The molecule has 0 radical (unpaired) electrons. The largest absolute Gasteiger partial charge is 0.477 e. The third-order valence-corrected chi connectivity index (χ3v) is 2.64. The number of nitrogens with zero attached hydrogens (tertiary/aromatic N) is 2. The SMILES string of the molecule is Cc1cc(F)ccc1Oc1cc(C(=O)O)c([N+](=O)[O-])cn1. The highest BCUT2D eigenvalue weighted by Gasteiger charge is 2.21. The fraction of sp³-hybridized carbons (Fsp3) is 0.0769. The van der Waals surface area contributed by atoms with Crippen molar-refractivity contribution in [1.29, 1.82) is 0 Å². The van der Waals surface area contributed by atoms with Crippen LogP contribution in [-0.4, -0.2) is 21.0 Å². The lowest BCUT2D eigenvalue weighted by molar-refractivity contribution is -0.385. The second kappa shape index (κ2) is 5.53. The molecule has 0 saturated heterocycles. The zero-order valence-corrected chi connectivity index (χ0v) is 10.7. The third-order valence-electron chi connectivity index (χ3n) is 2.64. The normalized spacial score (nSPS) is 10.2. The number of rotatable bonds is 4. The van der Waals surface area contributed by atoms with Crippen LogP contribution in [0.25, 0.3) is 0 Å².